The van der Waals surface area contributed by atoms with Crippen molar-refractivity contribution >= 4 is 35.0 Å². The number of hydrogen-bond acceptors (Lipinski definition) is 2. The highest BCUT2D eigenvalue weighted by atomic mass is 35.5. The lowest BCUT2D eigenvalue weighted by Gasteiger charge is -2.33. The van der Waals surface area contributed by atoms with Gasteiger partial charge in [-0.05, 0) is 45.1 Å². The monoisotopic (exact) mass is 312 g/mol. The minimum Gasteiger partial charge on any atom is -0.498 e. The Morgan fingerprint density at radius 3 is 2.17 bits per heavy atom. The fourth-order valence-electron chi connectivity index (χ4n) is 2.13. The second-order valence-corrected chi connectivity index (χ2v) is 7.62. The van der Waals surface area contributed by atoms with E-state index < -0.39 is 0 Å². The van der Waals surface area contributed by atoms with Gasteiger partial charge in [0, 0.05) is 16.2 Å². The van der Waals surface area contributed by atoms with Crippen molar-refractivity contribution in [3.8, 4) is 0 Å². The molecule has 108 valence electrons. The number of hydrogen-bond donors (Lipinski definition) is 0. The first-order valence-electron chi connectivity index (χ1n) is 6.41. The minimum atomic E-state index is -0.137. The molecule has 0 aromatic carbocycles. The molecule has 0 heterocycles. The topological polar surface area (TPSA) is 9.23 Å². The molecule has 2 unspecified atom stereocenters. The molecule has 0 aliphatic rings. The zero-order valence-corrected chi connectivity index (χ0v) is 14.3. The van der Waals surface area contributed by atoms with E-state index in [-0.39, 0.29) is 16.2 Å². The van der Waals surface area contributed by atoms with Gasteiger partial charge in [-0.1, -0.05) is 13.5 Å². The maximum absolute atomic E-state index is 6.13. The summed E-state index contributed by atoms with van der Waals surface area (Å²) >= 11 is 14.1. The Kier molecular flexibility index (Phi) is 9.63. The maximum atomic E-state index is 6.13. The highest BCUT2D eigenvalue weighted by Crippen LogP contribution is 2.39. The molecule has 0 saturated heterocycles. The standard InChI is InChI=1S/C14H26Cl2OS/c1-11(15)9-14(4,10-12(2)16)13(3)17-7-6-8-18-5/h11-12H,3,6-10H2,1-2,4-5H3. The quantitative estimate of drug-likeness (QED) is 0.307. The van der Waals surface area contributed by atoms with Crippen LogP contribution in [0.1, 0.15) is 40.0 Å². The second kappa shape index (κ2) is 9.39. The van der Waals surface area contributed by atoms with Crippen molar-refractivity contribution in [3.05, 3.63) is 12.3 Å². The van der Waals surface area contributed by atoms with Gasteiger partial charge in [-0.2, -0.15) is 11.8 Å². The van der Waals surface area contributed by atoms with Crippen molar-refractivity contribution in [1.82, 2.24) is 0 Å². The summed E-state index contributed by atoms with van der Waals surface area (Å²) in [7, 11) is 0. The van der Waals surface area contributed by atoms with E-state index in [1.54, 1.807) is 0 Å². The van der Waals surface area contributed by atoms with Crippen molar-refractivity contribution < 1.29 is 4.74 Å². The summed E-state index contributed by atoms with van der Waals surface area (Å²) in [6.45, 7) is 10.9. The molecule has 0 spiro atoms. The molecule has 0 amide bonds. The van der Waals surface area contributed by atoms with Crippen LogP contribution in [0.5, 0.6) is 0 Å². The Bertz CT molecular complexity index is 232. The van der Waals surface area contributed by atoms with Crippen LogP contribution in [0.4, 0.5) is 0 Å². The third-order valence-electron chi connectivity index (χ3n) is 2.91. The molecule has 0 fully saturated rings. The molecule has 0 radical (unpaired) electrons. The number of ether oxygens (including phenoxy) is 1. The van der Waals surface area contributed by atoms with Crippen molar-refractivity contribution in [3.63, 3.8) is 0 Å². The van der Waals surface area contributed by atoms with Crippen LogP contribution in [0.15, 0.2) is 12.3 Å². The third kappa shape index (κ3) is 7.81. The lowest BCUT2D eigenvalue weighted by molar-refractivity contribution is 0.124. The van der Waals surface area contributed by atoms with Crippen LogP contribution in [0.25, 0.3) is 0 Å². The predicted octanol–water partition coefficient (Wildman–Crippen LogP) is 5.31. The van der Waals surface area contributed by atoms with Gasteiger partial charge in [0.15, 0.2) is 0 Å². The van der Waals surface area contributed by atoms with Gasteiger partial charge < -0.3 is 4.74 Å². The van der Waals surface area contributed by atoms with Crippen molar-refractivity contribution in [2.24, 2.45) is 5.41 Å². The summed E-state index contributed by atoms with van der Waals surface area (Å²) in [5.74, 6) is 1.94. The molecular weight excluding hydrogens is 287 g/mol. The number of allylic oxidation sites excluding steroid dienone is 1. The smallest absolute Gasteiger partial charge is 0.0948 e. The predicted molar refractivity (Wildman–Crippen MR) is 86.1 cm³/mol. The fraction of sp³-hybridized carbons (Fsp3) is 0.857. The van der Waals surface area contributed by atoms with E-state index in [0.29, 0.717) is 0 Å². The van der Waals surface area contributed by atoms with Gasteiger partial charge in [-0.3, -0.25) is 0 Å². The molecule has 0 rings (SSSR count). The first-order chi connectivity index (χ1) is 8.31. The molecule has 1 nitrogen and oxygen atoms in total. The molecule has 0 aromatic rings. The fourth-order valence-corrected chi connectivity index (χ4v) is 3.21. The summed E-state index contributed by atoms with van der Waals surface area (Å²) in [5, 5.41) is 0.189. The molecular formula is C14H26Cl2OS. The molecule has 0 aliphatic carbocycles. The van der Waals surface area contributed by atoms with Crippen LogP contribution in [0, 0.1) is 5.41 Å². The Hall–Kier alpha value is 0.470. The number of rotatable bonds is 10. The van der Waals surface area contributed by atoms with Gasteiger partial charge >= 0.3 is 0 Å². The average Bonchev–Trinajstić information content (AvgIpc) is 2.21. The summed E-state index contributed by atoms with van der Waals surface area (Å²) in [4.78, 5) is 0. The van der Waals surface area contributed by atoms with Crippen LogP contribution >= 0.6 is 35.0 Å². The highest BCUT2D eigenvalue weighted by molar-refractivity contribution is 7.98. The van der Waals surface area contributed by atoms with Crippen LogP contribution in [-0.4, -0.2) is 29.4 Å². The van der Waals surface area contributed by atoms with Gasteiger partial charge in [0.2, 0.25) is 0 Å². The molecule has 0 bridgehead atoms. The Morgan fingerprint density at radius 2 is 1.78 bits per heavy atom. The Morgan fingerprint density at radius 1 is 1.28 bits per heavy atom. The Labute approximate surface area is 127 Å². The van der Waals surface area contributed by atoms with Gasteiger partial charge in [0.1, 0.15) is 0 Å². The van der Waals surface area contributed by atoms with Crippen molar-refractivity contribution in [2.45, 2.75) is 50.8 Å². The van der Waals surface area contributed by atoms with Crippen LogP contribution < -0.4 is 0 Å². The molecule has 0 aromatic heterocycles. The summed E-state index contributed by atoms with van der Waals surface area (Å²) < 4.78 is 5.79. The average molecular weight is 313 g/mol. The molecule has 0 saturated carbocycles. The van der Waals surface area contributed by atoms with E-state index in [0.717, 1.165) is 37.4 Å². The van der Waals surface area contributed by atoms with E-state index in [1.165, 1.54) is 0 Å². The number of alkyl halides is 2. The molecule has 4 heteroatoms. The third-order valence-corrected chi connectivity index (χ3v) is 3.91. The zero-order valence-electron chi connectivity index (χ0n) is 12.0. The Balaban J connectivity index is 4.40. The first-order valence-corrected chi connectivity index (χ1v) is 8.67. The normalized spacial score (nSPS) is 17.9. The number of halogens is 2. The SMILES string of the molecule is C=C(OCCCSC)C(C)(CC(C)Cl)CC(C)Cl. The summed E-state index contributed by atoms with van der Waals surface area (Å²) in [6.07, 6.45) is 4.83. The molecule has 18 heavy (non-hydrogen) atoms. The molecule has 0 N–H and O–H groups in total. The van der Waals surface area contributed by atoms with Crippen molar-refractivity contribution in [2.75, 3.05) is 18.6 Å². The van der Waals surface area contributed by atoms with Gasteiger partial charge in [-0.25, -0.2) is 0 Å². The summed E-state index contributed by atoms with van der Waals surface area (Å²) in [6, 6.07) is 0. The van der Waals surface area contributed by atoms with E-state index in [4.69, 9.17) is 27.9 Å². The number of thioether (sulfide) groups is 1. The van der Waals surface area contributed by atoms with Gasteiger partial charge in [0.25, 0.3) is 0 Å². The lowest BCUT2D eigenvalue weighted by atomic mass is 9.79. The molecule has 2 atom stereocenters. The van der Waals surface area contributed by atoms with Crippen LogP contribution in [0.2, 0.25) is 0 Å². The second-order valence-electron chi connectivity index (χ2n) is 5.15. The zero-order chi connectivity index (χ0) is 14.2. The highest BCUT2D eigenvalue weighted by Gasteiger charge is 2.32. The van der Waals surface area contributed by atoms with Crippen molar-refractivity contribution in [1.29, 1.82) is 0 Å². The lowest BCUT2D eigenvalue weighted by Crippen LogP contribution is -2.27. The van der Waals surface area contributed by atoms with E-state index >= 15 is 0 Å². The van der Waals surface area contributed by atoms with E-state index in [2.05, 4.69) is 19.8 Å². The molecule has 0 aliphatic heterocycles. The summed E-state index contributed by atoms with van der Waals surface area (Å²) in [5.41, 5.74) is -0.137. The maximum Gasteiger partial charge on any atom is 0.0948 e. The first kappa shape index (κ1) is 18.5. The minimum absolute atomic E-state index is 0.0944. The largest absolute Gasteiger partial charge is 0.498 e. The van der Waals surface area contributed by atoms with Crippen LogP contribution in [0.3, 0.4) is 0 Å². The van der Waals surface area contributed by atoms with Gasteiger partial charge in [0.05, 0.1) is 12.4 Å². The van der Waals surface area contributed by atoms with E-state index in [1.807, 2.05) is 25.6 Å². The van der Waals surface area contributed by atoms with E-state index in [9.17, 15) is 0 Å². The van der Waals surface area contributed by atoms with Gasteiger partial charge in [-0.15, -0.1) is 23.2 Å². The van der Waals surface area contributed by atoms with Crippen LogP contribution in [-0.2, 0) is 4.74 Å².